The van der Waals surface area contributed by atoms with Gasteiger partial charge < -0.3 is 20.4 Å². The Kier molecular flexibility index (Phi) is 4.08. The van der Waals surface area contributed by atoms with E-state index in [0.717, 1.165) is 8.47 Å². The van der Waals surface area contributed by atoms with Crippen molar-refractivity contribution in [1.82, 2.24) is 0 Å². The summed E-state index contributed by atoms with van der Waals surface area (Å²) in [5.41, 5.74) is 0. The smallest absolute Gasteiger partial charge is 0.138 e. The molecule has 4 aromatic rings. The number of rotatable bonds is 0. The highest BCUT2D eigenvalue weighted by atomic mass is 32.2. The van der Waals surface area contributed by atoms with E-state index >= 15 is 0 Å². The van der Waals surface area contributed by atoms with Crippen LogP contribution >= 0.6 is 47.0 Å². The van der Waals surface area contributed by atoms with Gasteiger partial charge >= 0.3 is 0 Å². The molecule has 0 unspecified atom stereocenters. The molecular weight excluding hydrogens is 457 g/mol. The van der Waals surface area contributed by atoms with E-state index in [4.69, 9.17) is 0 Å². The molecule has 2 heterocycles. The molecule has 2 aliphatic rings. The zero-order valence-corrected chi connectivity index (χ0v) is 18.3. The number of hydrogen-bond acceptors (Lipinski definition) is 8. The number of fused-ring (bicyclic) bond motifs is 4. The third-order valence-corrected chi connectivity index (χ3v) is 10.8. The standard InChI is InChI=1S/C22H12O4S4/c23-13-9-5-1-2-6-10(9)14(24)18-17(13)27-21(28-18)22-29-19-15(25)11-7-3-4-8-12(11)16(26)20(19)30-22/h1-8,23-26H. The van der Waals surface area contributed by atoms with Crippen LogP contribution in [0.15, 0.2) is 76.6 Å². The number of thioether (sulfide) groups is 4. The molecule has 148 valence electrons. The molecule has 0 spiro atoms. The van der Waals surface area contributed by atoms with E-state index in [-0.39, 0.29) is 23.0 Å². The fourth-order valence-electron chi connectivity index (χ4n) is 3.67. The van der Waals surface area contributed by atoms with Crippen LogP contribution in [0.5, 0.6) is 23.0 Å². The lowest BCUT2D eigenvalue weighted by Crippen LogP contribution is -1.81. The molecule has 6 rings (SSSR count). The summed E-state index contributed by atoms with van der Waals surface area (Å²) in [5, 5.41) is 45.6. The number of benzene rings is 4. The minimum absolute atomic E-state index is 0.161. The van der Waals surface area contributed by atoms with Crippen LogP contribution in [-0.4, -0.2) is 20.4 Å². The van der Waals surface area contributed by atoms with E-state index < -0.39 is 0 Å². The van der Waals surface area contributed by atoms with Gasteiger partial charge in [0.15, 0.2) is 0 Å². The van der Waals surface area contributed by atoms with Gasteiger partial charge in [-0.2, -0.15) is 0 Å². The second-order valence-electron chi connectivity index (χ2n) is 6.79. The van der Waals surface area contributed by atoms with Crippen molar-refractivity contribution in [3.05, 3.63) is 57.0 Å². The van der Waals surface area contributed by atoms with Gasteiger partial charge in [-0.05, 0) is 0 Å². The van der Waals surface area contributed by atoms with Crippen LogP contribution in [0.3, 0.4) is 0 Å². The van der Waals surface area contributed by atoms with Gasteiger partial charge in [-0.25, -0.2) is 0 Å². The molecule has 4 aromatic carbocycles. The van der Waals surface area contributed by atoms with Crippen LogP contribution in [0.1, 0.15) is 0 Å². The molecule has 0 saturated heterocycles. The van der Waals surface area contributed by atoms with Gasteiger partial charge in [-0.15, -0.1) is 0 Å². The second kappa shape index (κ2) is 6.62. The summed E-state index contributed by atoms with van der Waals surface area (Å²) in [6, 6.07) is 14.5. The molecule has 0 aromatic heterocycles. The van der Waals surface area contributed by atoms with E-state index in [1.54, 1.807) is 24.3 Å². The third kappa shape index (κ3) is 2.48. The Balaban J connectivity index is 1.49. The highest BCUT2D eigenvalue weighted by Crippen LogP contribution is 2.68. The molecule has 8 heteroatoms. The molecule has 0 aliphatic carbocycles. The maximum Gasteiger partial charge on any atom is 0.138 e. The normalized spacial score (nSPS) is 15.2. The summed E-state index contributed by atoms with van der Waals surface area (Å²) in [6.45, 7) is 0. The highest BCUT2D eigenvalue weighted by molar-refractivity contribution is 8.30. The zero-order chi connectivity index (χ0) is 20.6. The molecule has 0 bridgehead atoms. The van der Waals surface area contributed by atoms with Gasteiger partial charge in [0.1, 0.15) is 23.0 Å². The number of aromatic hydroxyl groups is 4. The first-order valence-corrected chi connectivity index (χ1v) is 12.2. The van der Waals surface area contributed by atoms with Crippen molar-refractivity contribution in [3.8, 4) is 23.0 Å². The molecule has 0 radical (unpaired) electrons. The number of hydrogen-bond donors (Lipinski definition) is 4. The summed E-state index contributed by atoms with van der Waals surface area (Å²) in [6.07, 6.45) is 0. The molecular formula is C22H12O4S4. The summed E-state index contributed by atoms with van der Waals surface area (Å²) in [7, 11) is 0. The Morgan fingerprint density at radius 1 is 0.400 bits per heavy atom. The van der Waals surface area contributed by atoms with Crippen LogP contribution in [0.4, 0.5) is 0 Å². The van der Waals surface area contributed by atoms with Crippen molar-refractivity contribution >= 4 is 68.6 Å². The molecule has 0 saturated carbocycles. The Morgan fingerprint density at radius 2 is 0.633 bits per heavy atom. The first-order chi connectivity index (χ1) is 14.5. The van der Waals surface area contributed by atoms with Crippen LogP contribution < -0.4 is 0 Å². The first-order valence-electron chi connectivity index (χ1n) is 8.93. The van der Waals surface area contributed by atoms with E-state index in [1.807, 2.05) is 24.3 Å². The van der Waals surface area contributed by atoms with Crippen LogP contribution in [0, 0.1) is 0 Å². The quantitative estimate of drug-likeness (QED) is 0.205. The van der Waals surface area contributed by atoms with Crippen molar-refractivity contribution in [1.29, 1.82) is 0 Å². The maximum atomic E-state index is 10.8. The van der Waals surface area contributed by atoms with Gasteiger partial charge in [-0.3, -0.25) is 0 Å². The second-order valence-corrected chi connectivity index (χ2v) is 11.4. The van der Waals surface area contributed by atoms with Crippen molar-refractivity contribution in [2.45, 2.75) is 19.6 Å². The molecule has 4 nitrogen and oxygen atoms in total. The van der Waals surface area contributed by atoms with Crippen molar-refractivity contribution in [2.75, 3.05) is 0 Å². The van der Waals surface area contributed by atoms with Gasteiger partial charge in [-0.1, -0.05) is 95.6 Å². The monoisotopic (exact) mass is 468 g/mol. The van der Waals surface area contributed by atoms with E-state index in [1.165, 1.54) is 47.0 Å². The van der Waals surface area contributed by atoms with E-state index in [0.29, 0.717) is 41.1 Å². The van der Waals surface area contributed by atoms with Gasteiger partial charge in [0, 0.05) is 21.5 Å². The summed E-state index contributed by atoms with van der Waals surface area (Å²) < 4.78 is 1.81. The summed E-state index contributed by atoms with van der Waals surface area (Å²) >= 11 is 5.61. The van der Waals surface area contributed by atoms with Crippen molar-refractivity contribution < 1.29 is 20.4 Å². The third-order valence-electron chi connectivity index (χ3n) is 5.09. The summed E-state index contributed by atoms with van der Waals surface area (Å²) in [5.74, 6) is 0.642. The maximum absolute atomic E-state index is 10.8. The van der Waals surface area contributed by atoms with Crippen molar-refractivity contribution in [2.24, 2.45) is 0 Å². The Hall–Kier alpha value is -2.26. The predicted molar refractivity (Wildman–Crippen MR) is 125 cm³/mol. The molecule has 0 amide bonds. The van der Waals surface area contributed by atoms with Crippen LogP contribution in [-0.2, 0) is 0 Å². The van der Waals surface area contributed by atoms with E-state index in [2.05, 4.69) is 0 Å². The van der Waals surface area contributed by atoms with Gasteiger partial charge in [0.2, 0.25) is 0 Å². The molecule has 2 aliphatic heterocycles. The molecule has 0 atom stereocenters. The fraction of sp³-hybridized carbons (Fsp3) is 0. The molecule has 0 fully saturated rings. The average Bonchev–Trinajstić information content (AvgIpc) is 3.41. The minimum atomic E-state index is 0.161. The topological polar surface area (TPSA) is 80.9 Å². The largest absolute Gasteiger partial charge is 0.506 e. The lowest BCUT2D eigenvalue weighted by molar-refractivity contribution is 0.446. The fourth-order valence-corrected chi connectivity index (χ4v) is 9.16. The van der Waals surface area contributed by atoms with Crippen molar-refractivity contribution in [3.63, 3.8) is 0 Å². The van der Waals surface area contributed by atoms with Crippen LogP contribution in [0.25, 0.3) is 21.5 Å². The Bertz CT molecular complexity index is 1230. The minimum Gasteiger partial charge on any atom is -0.506 e. The van der Waals surface area contributed by atoms with Gasteiger partial charge in [0.05, 0.1) is 28.1 Å². The summed E-state index contributed by atoms with van der Waals surface area (Å²) in [4.78, 5) is 2.54. The lowest BCUT2D eigenvalue weighted by atomic mass is 10.1. The number of phenolic OH excluding ortho intramolecular Hbond substituents is 4. The molecule has 4 N–H and O–H groups in total. The Morgan fingerprint density at radius 3 is 0.867 bits per heavy atom. The first kappa shape index (κ1) is 18.5. The lowest BCUT2D eigenvalue weighted by Gasteiger charge is -2.08. The number of phenols is 4. The highest BCUT2D eigenvalue weighted by Gasteiger charge is 2.34. The van der Waals surface area contributed by atoms with Crippen LogP contribution in [0.2, 0.25) is 0 Å². The van der Waals surface area contributed by atoms with E-state index in [9.17, 15) is 20.4 Å². The zero-order valence-electron chi connectivity index (χ0n) is 15.0. The Labute approximate surface area is 188 Å². The average molecular weight is 469 g/mol. The SMILES string of the molecule is Oc1c2c(c(O)c3ccccc13)SC(=C1Sc3c(c(O)c4ccccc4c3O)S1)S2. The predicted octanol–water partition coefficient (Wildman–Crippen LogP) is 7.04. The van der Waals surface area contributed by atoms with Gasteiger partial charge in [0.25, 0.3) is 0 Å². The molecule has 30 heavy (non-hydrogen) atoms.